The van der Waals surface area contributed by atoms with Crippen molar-refractivity contribution in [2.24, 2.45) is 16.2 Å². The van der Waals surface area contributed by atoms with Gasteiger partial charge in [0.15, 0.2) is 18.9 Å². The largest absolute Gasteiger partial charge is 0.322 e. The molecule has 0 radical (unpaired) electrons. The number of rotatable bonds is 6. The van der Waals surface area contributed by atoms with Gasteiger partial charge in [0.05, 0.1) is 0 Å². The number of hydrogen-bond acceptors (Lipinski definition) is 3. The standard InChI is InChI=1S/C15H27Cl3O3/c1-13(2,7-16)10-19-11(14(3,4)8-17)21-12(20-10)15(5,6)9-18/h10-12H,7-9H2,1-6H3. The fourth-order valence-electron chi connectivity index (χ4n) is 1.73. The summed E-state index contributed by atoms with van der Waals surface area (Å²) in [5, 5.41) is 0. The Balaban J connectivity index is 3.05. The lowest BCUT2D eigenvalue weighted by molar-refractivity contribution is -0.435. The quantitative estimate of drug-likeness (QED) is 0.635. The van der Waals surface area contributed by atoms with E-state index in [1.807, 2.05) is 41.5 Å². The van der Waals surface area contributed by atoms with Crippen LogP contribution >= 0.6 is 34.8 Å². The van der Waals surface area contributed by atoms with Gasteiger partial charge in [-0.15, -0.1) is 34.8 Å². The third-order valence-electron chi connectivity index (χ3n) is 3.69. The summed E-state index contributed by atoms with van der Waals surface area (Å²) in [5.74, 6) is 1.25. The first kappa shape index (κ1) is 19.8. The van der Waals surface area contributed by atoms with E-state index >= 15 is 0 Å². The average Bonchev–Trinajstić information content (AvgIpc) is 2.46. The second kappa shape index (κ2) is 7.11. The molecule has 0 aromatic rings. The number of alkyl halides is 3. The number of halogens is 3. The van der Waals surface area contributed by atoms with Crippen molar-refractivity contribution in [2.75, 3.05) is 17.6 Å². The molecule has 21 heavy (non-hydrogen) atoms. The van der Waals surface area contributed by atoms with Gasteiger partial charge in [0.25, 0.3) is 0 Å². The fraction of sp³-hybridized carbons (Fsp3) is 1.00. The number of hydrogen-bond donors (Lipinski definition) is 0. The summed E-state index contributed by atoms with van der Waals surface area (Å²) >= 11 is 18.2. The van der Waals surface area contributed by atoms with Crippen LogP contribution in [0.1, 0.15) is 41.5 Å². The minimum absolute atomic E-state index is 0.341. The molecule has 3 nitrogen and oxygen atoms in total. The molecule has 126 valence electrons. The Hall–Kier alpha value is 0.750. The molecule has 0 aromatic heterocycles. The maximum Gasteiger partial charge on any atom is 0.170 e. The molecule has 0 amide bonds. The maximum absolute atomic E-state index is 6.07. The van der Waals surface area contributed by atoms with Crippen molar-refractivity contribution >= 4 is 34.8 Å². The summed E-state index contributed by atoms with van der Waals surface area (Å²) in [5.41, 5.74) is -1.02. The molecule has 1 rings (SSSR count). The van der Waals surface area contributed by atoms with Crippen molar-refractivity contribution < 1.29 is 14.2 Å². The topological polar surface area (TPSA) is 27.7 Å². The van der Waals surface area contributed by atoms with E-state index in [2.05, 4.69) is 0 Å². The van der Waals surface area contributed by atoms with Crippen molar-refractivity contribution in [3.05, 3.63) is 0 Å². The van der Waals surface area contributed by atoms with Gasteiger partial charge in [0, 0.05) is 33.9 Å². The average molecular weight is 362 g/mol. The highest BCUT2D eigenvalue weighted by Gasteiger charge is 2.48. The van der Waals surface area contributed by atoms with Gasteiger partial charge in [-0.25, -0.2) is 0 Å². The maximum atomic E-state index is 6.07. The van der Waals surface area contributed by atoms with E-state index in [0.717, 1.165) is 0 Å². The zero-order valence-corrected chi connectivity index (χ0v) is 16.0. The smallest absolute Gasteiger partial charge is 0.170 e. The molecule has 0 spiro atoms. The second-order valence-electron chi connectivity index (χ2n) is 7.77. The van der Waals surface area contributed by atoms with Crippen LogP contribution in [0.3, 0.4) is 0 Å². The van der Waals surface area contributed by atoms with E-state index in [4.69, 9.17) is 49.0 Å². The van der Waals surface area contributed by atoms with Crippen LogP contribution in [-0.2, 0) is 14.2 Å². The molecule has 1 aliphatic rings. The SMILES string of the molecule is CC(C)(CCl)C1OC(C(C)(C)CCl)OC(C(C)(C)CCl)O1. The summed E-state index contributed by atoms with van der Waals surface area (Å²) in [6.45, 7) is 12.0. The van der Waals surface area contributed by atoms with E-state index in [1.165, 1.54) is 0 Å². The molecule has 1 aliphatic heterocycles. The van der Waals surface area contributed by atoms with Crippen molar-refractivity contribution in [3.8, 4) is 0 Å². The van der Waals surface area contributed by atoms with Gasteiger partial charge in [-0.05, 0) is 0 Å². The van der Waals surface area contributed by atoms with Crippen LogP contribution in [0.25, 0.3) is 0 Å². The first-order chi connectivity index (χ1) is 9.50. The highest BCUT2D eigenvalue weighted by atomic mass is 35.5. The second-order valence-corrected chi connectivity index (χ2v) is 8.57. The zero-order valence-electron chi connectivity index (χ0n) is 13.7. The van der Waals surface area contributed by atoms with Crippen LogP contribution in [0.15, 0.2) is 0 Å². The van der Waals surface area contributed by atoms with Gasteiger partial charge in [0.1, 0.15) is 0 Å². The Morgan fingerprint density at radius 3 is 0.905 bits per heavy atom. The monoisotopic (exact) mass is 360 g/mol. The highest BCUT2D eigenvalue weighted by Crippen LogP contribution is 2.41. The first-order valence-electron chi connectivity index (χ1n) is 7.14. The molecule has 0 aliphatic carbocycles. The Morgan fingerprint density at radius 2 is 0.762 bits per heavy atom. The van der Waals surface area contributed by atoms with Crippen LogP contribution in [0.4, 0.5) is 0 Å². The van der Waals surface area contributed by atoms with E-state index in [-0.39, 0.29) is 16.2 Å². The van der Waals surface area contributed by atoms with Gasteiger partial charge in [-0.3, -0.25) is 0 Å². The molecular weight excluding hydrogens is 335 g/mol. The lowest BCUT2D eigenvalue weighted by Gasteiger charge is -2.49. The van der Waals surface area contributed by atoms with Gasteiger partial charge < -0.3 is 14.2 Å². The summed E-state index contributed by atoms with van der Waals surface area (Å²) < 4.78 is 18.0. The summed E-state index contributed by atoms with van der Waals surface area (Å²) in [4.78, 5) is 0. The van der Waals surface area contributed by atoms with Crippen LogP contribution in [-0.4, -0.2) is 36.5 Å². The summed E-state index contributed by atoms with van der Waals surface area (Å²) in [6, 6.07) is 0. The Morgan fingerprint density at radius 1 is 0.571 bits per heavy atom. The molecule has 0 atom stereocenters. The highest BCUT2D eigenvalue weighted by molar-refractivity contribution is 6.18. The molecular formula is C15H27Cl3O3. The van der Waals surface area contributed by atoms with Gasteiger partial charge in [-0.1, -0.05) is 41.5 Å². The zero-order chi connectivity index (χ0) is 16.5. The minimum atomic E-state index is -0.469. The molecule has 0 N–H and O–H groups in total. The van der Waals surface area contributed by atoms with Crippen molar-refractivity contribution in [1.82, 2.24) is 0 Å². The lowest BCUT2D eigenvalue weighted by atomic mass is 9.90. The summed E-state index contributed by atoms with van der Waals surface area (Å²) in [6.07, 6.45) is -1.41. The molecule has 6 heteroatoms. The first-order valence-corrected chi connectivity index (χ1v) is 8.75. The predicted octanol–water partition coefficient (Wildman–Crippen LogP) is 4.82. The van der Waals surface area contributed by atoms with Crippen molar-refractivity contribution in [3.63, 3.8) is 0 Å². The fourth-order valence-corrected chi connectivity index (χ4v) is 2.11. The van der Waals surface area contributed by atoms with E-state index in [0.29, 0.717) is 17.6 Å². The molecule has 0 aromatic carbocycles. The molecule has 1 heterocycles. The van der Waals surface area contributed by atoms with E-state index in [9.17, 15) is 0 Å². The molecule has 0 bridgehead atoms. The minimum Gasteiger partial charge on any atom is -0.322 e. The molecule has 1 saturated heterocycles. The van der Waals surface area contributed by atoms with E-state index in [1.54, 1.807) is 0 Å². The van der Waals surface area contributed by atoms with Crippen LogP contribution in [0, 0.1) is 16.2 Å². The Bertz CT molecular complexity index is 287. The normalized spacial score (nSPS) is 28.7. The van der Waals surface area contributed by atoms with Crippen LogP contribution in [0.5, 0.6) is 0 Å². The van der Waals surface area contributed by atoms with E-state index < -0.39 is 18.9 Å². The molecule has 0 unspecified atom stereocenters. The lowest BCUT2D eigenvalue weighted by Crippen LogP contribution is -2.56. The third-order valence-corrected chi connectivity index (χ3v) is 5.76. The van der Waals surface area contributed by atoms with Crippen LogP contribution < -0.4 is 0 Å². The third kappa shape index (κ3) is 4.62. The Kier molecular flexibility index (Phi) is 6.70. The van der Waals surface area contributed by atoms with Crippen molar-refractivity contribution in [2.45, 2.75) is 60.4 Å². The van der Waals surface area contributed by atoms with Gasteiger partial charge >= 0.3 is 0 Å². The van der Waals surface area contributed by atoms with Gasteiger partial charge in [-0.2, -0.15) is 0 Å². The van der Waals surface area contributed by atoms with Crippen LogP contribution in [0.2, 0.25) is 0 Å². The summed E-state index contributed by atoms with van der Waals surface area (Å²) in [7, 11) is 0. The Labute approximate surface area is 143 Å². The predicted molar refractivity (Wildman–Crippen MR) is 88.1 cm³/mol. The van der Waals surface area contributed by atoms with Gasteiger partial charge in [0.2, 0.25) is 0 Å². The number of ether oxygens (including phenoxy) is 3. The van der Waals surface area contributed by atoms with Crippen molar-refractivity contribution in [1.29, 1.82) is 0 Å². The molecule has 0 saturated carbocycles. The molecule has 1 fully saturated rings.